The zero-order valence-electron chi connectivity index (χ0n) is 13.1. The molecule has 1 aliphatic rings. The Morgan fingerprint density at radius 3 is 2.38 bits per heavy atom. The van der Waals surface area contributed by atoms with Gasteiger partial charge in [0.05, 0.1) is 17.1 Å². The van der Waals surface area contributed by atoms with E-state index in [4.69, 9.17) is 0 Å². The van der Waals surface area contributed by atoms with E-state index in [2.05, 4.69) is 15.9 Å². The topological polar surface area (TPSA) is 54.5 Å². The molecule has 1 saturated heterocycles. The van der Waals surface area contributed by atoms with Gasteiger partial charge in [-0.2, -0.15) is 0 Å². The Labute approximate surface area is 150 Å². The first kappa shape index (κ1) is 17.2. The maximum Gasteiger partial charge on any atom is 0.255 e. The van der Waals surface area contributed by atoms with Gasteiger partial charge in [0.2, 0.25) is 0 Å². The van der Waals surface area contributed by atoms with Gasteiger partial charge >= 0.3 is 0 Å². The molecule has 1 aliphatic heterocycles. The van der Waals surface area contributed by atoms with Crippen molar-refractivity contribution < 1.29 is 13.2 Å². The first-order valence-electron chi connectivity index (χ1n) is 7.76. The third-order valence-corrected chi connectivity index (χ3v) is 6.65. The van der Waals surface area contributed by atoms with Crippen molar-refractivity contribution >= 4 is 31.7 Å². The van der Waals surface area contributed by atoms with Crippen LogP contribution < -0.4 is 0 Å². The summed E-state index contributed by atoms with van der Waals surface area (Å²) in [6, 6.07) is 16.6. The van der Waals surface area contributed by atoms with Crippen LogP contribution in [-0.4, -0.2) is 36.8 Å². The van der Waals surface area contributed by atoms with E-state index in [1.807, 2.05) is 48.5 Å². The first-order chi connectivity index (χ1) is 11.5. The zero-order valence-corrected chi connectivity index (χ0v) is 15.5. The first-order valence-corrected chi connectivity index (χ1v) is 10.4. The second kappa shape index (κ2) is 7.07. The highest BCUT2D eigenvalue weighted by Crippen LogP contribution is 2.25. The average molecular weight is 408 g/mol. The van der Waals surface area contributed by atoms with Gasteiger partial charge in [-0.05, 0) is 40.0 Å². The number of amides is 1. The SMILES string of the molecule is O=C(c1ccccc1Br)N(Cc1ccccc1)[C@@H]1CCS(=O)(=O)C1. The predicted octanol–water partition coefficient (Wildman–Crippen LogP) is 3.28. The van der Waals surface area contributed by atoms with Crippen LogP contribution in [0.1, 0.15) is 22.3 Å². The van der Waals surface area contributed by atoms with Crippen LogP contribution in [-0.2, 0) is 16.4 Å². The van der Waals surface area contributed by atoms with E-state index in [1.165, 1.54) is 0 Å². The van der Waals surface area contributed by atoms with Gasteiger partial charge in [-0.1, -0.05) is 42.5 Å². The lowest BCUT2D eigenvalue weighted by atomic mass is 10.1. The van der Waals surface area contributed by atoms with Crippen molar-refractivity contribution in [2.24, 2.45) is 0 Å². The fraction of sp³-hybridized carbons (Fsp3) is 0.278. The van der Waals surface area contributed by atoms with Gasteiger partial charge in [-0.3, -0.25) is 4.79 Å². The standard InChI is InChI=1S/C18H18BrNO3S/c19-17-9-5-4-8-16(17)18(21)20(12-14-6-2-1-3-7-14)15-10-11-24(22,23)13-15/h1-9,15H,10-13H2/t15-/m1/s1. The third-order valence-electron chi connectivity index (χ3n) is 4.21. The monoisotopic (exact) mass is 407 g/mol. The predicted molar refractivity (Wildman–Crippen MR) is 97.5 cm³/mol. The van der Waals surface area contributed by atoms with E-state index in [1.54, 1.807) is 11.0 Å². The van der Waals surface area contributed by atoms with Crippen molar-refractivity contribution in [3.63, 3.8) is 0 Å². The van der Waals surface area contributed by atoms with Crippen LogP contribution in [0, 0.1) is 0 Å². The molecule has 4 nitrogen and oxygen atoms in total. The van der Waals surface area contributed by atoms with Crippen LogP contribution in [0.15, 0.2) is 59.1 Å². The molecule has 0 unspecified atom stereocenters. The molecule has 0 bridgehead atoms. The van der Waals surface area contributed by atoms with E-state index in [9.17, 15) is 13.2 Å². The van der Waals surface area contributed by atoms with Crippen LogP contribution in [0.4, 0.5) is 0 Å². The molecule has 1 amide bonds. The zero-order chi connectivity index (χ0) is 17.2. The summed E-state index contributed by atoms with van der Waals surface area (Å²) < 4.78 is 24.5. The normalized spacial score (nSPS) is 19.1. The number of benzene rings is 2. The van der Waals surface area contributed by atoms with Gasteiger partial charge in [-0.25, -0.2) is 8.42 Å². The Morgan fingerprint density at radius 2 is 1.75 bits per heavy atom. The Morgan fingerprint density at radius 1 is 1.08 bits per heavy atom. The van der Waals surface area contributed by atoms with E-state index in [-0.39, 0.29) is 23.5 Å². The lowest BCUT2D eigenvalue weighted by Gasteiger charge is -2.29. The summed E-state index contributed by atoms with van der Waals surface area (Å²) in [5, 5.41) is 0. The average Bonchev–Trinajstić information content (AvgIpc) is 2.93. The minimum Gasteiger partial charge on any atom is -0.330 e. The maximum absolute atomic E-state index is 13.1. The number of hydrogen-bond acceptors (Lipinski definition) is 3. The number of rotatable bonds is 4. The summed E-state index contributed by atoms with van der Waals surface area (Å²) in [5.41, 5.74) is 1.54. The minimum atomic E-state index is -3.06. The molecule has 6 heteroatoms. The Balaban J connectivity index is 1.93. The molecule has 0 N–H and O–H groups in total. The summed E-state index contributed by atoms with van der Waals surface area (Å²) in [7, 11) is -3.06. The summed E-state index contributed by atoms with van der Waals surface area (Å²) in [5.74, 6) is 0.0378. The van der Waals surface area contributed by atoms with Crippen LogP contribution in [0.2, 0.25) is 0 Å². The molecular weight excluding hydrogens is 390 g/mol. The lowest BCUT2D eigenvalue weighted by molar-refractivity contribution is 0.0680. The van der Waals surface area contributed by atoms with Crippen molar-refractivity contribution in [2.75, 3.05) is 11.5 Å². The van der Waals surface area contributed by atoms with Gasteiger partial charge in [0.1, 0.15) is 0 Å². The second-order valence-corrected chi connectivity index (χ2v) is 9.04. The maximum atomic E-state index is 13.1. The number of nitrogens with zero attached hydrogens (tertiary/aromatic N) is 1. The molecule has 126 valence electrons. The van der Waals surface area contributed by atoms with Gasteiger partial charge in [-0.15, -0.1) is 0 Å². The molecule has 0 spiro atoms. The highest BCUT2D eigenvalue weighted by molar-refractivity contribution is 9.10. The van der Waals surface area contributed by atoms with Crippen molar-refractivity contribution in [3.8, 4) is 0 Å². The summed E-state index contributed by atoms with van der Waals surface area (Å²) in [6.07, 6.45) is 0.491. The molecule has 1 fully saturated rings. The van der Waals surface area contributed by atoms with E-state index >= 15 is 0 Å². The molecule has 0 aliphatic carbocycles. The number of halogens is 1. The summed E-state index contributed by atoms with van der Waals surface area (Å²) >= 11 is 3.42. The number of carbonyl (C=O) groups excluding carboxylic acids is 1. The molecule has 0 saturated carbocycles. The quantitative estimate of drug-likeness (QED) is 0.781. The fourth-order valence-corrected chi connectivity index (χ4v) is 5.14. The Kier molecular flexibility index (Phi) is 5.06. The molecule has 3 rings (SSSR count). The largest absolute Gasteiger partial charge is 0.330 e. The molecule has 1 heterocycles. The van der Waals surface area contributed by atoms with Crippen molar-refractivity contribution in [1.82, 2.24) is 4.90 Å². The molecule has 1 atom stereocenters. The van der Waals surface area contributed by atoms with Gasteiger partial charge in [0.25, 0.3) is 5.91 Å². The summed E-state index contributed by atoms with van der Waals surface area (Å²) in [4.78, 5) is 14.8. The fourth-order valence-electron chi connectivity index (χ4n) is 2.96. The Hall–Kier alpha value is -1.66. The molecule has 0 radical (unpaired) electrons. The number of carbonyl (C=O) groups is 1. The van der Waals surface area contributed by atoms with Gasteiger partial charge in [0.15, 0.2) is 9.84 Å². The summed E-state index contributed by atoms with van der Waals surface area (Å²) in [6.45, 7) is 0.404. The Bertz CT molecular complexity index is 836. The molecule has 24 heavy (non-hydrogen) atoms. The minimum absolute atomic E-state index is 0.0377. The number of hydrogen-bond donors (Lipinski definition) is 0. The highest BCUT2D eigenvalue weighted by Gasteiger charge is 2.35. The van der Waals surface area contributed by atoms with Gasteiger partial charge < -0.3 is 4.90 Å². The highest BCUT2D eigenvalue weighted by atomic mass is 79.9. The molecule has 2 aromatic carbocycles. The van der Waals surface area contributed by atoms with E-state index in [0.29, 0.717) is 23.0 Å². The van der Waals surface area contributed by atoms with Crippen molar-refractivity contribution in [3.05, 3.63) is 70.2 Å². The second-order valence-electron chi connectivity index (χ2n) is 5.96. The van der Waals surface area contributed by atoms with E-state index in [0.717, 1.165) is 5.56 Å². The van der Waals surface area contributed by atoms with Crippen molar-refractivity contribution in [2.45, 2.75) is 19.0 Å². The van der Waals surface area contributed by atoms with Crippen LogP contribution in [0.5, 0.6) is 0 Å². The van der Waals surface area contributed by atoms with E-state index < -0.39 is 9.84 Å². The molecular formula is C18H18BrNO3S. The van der Waals surface area contributed by atoms with Crippen LogP contribution in [0.3, 0.4) is 0 Å². The van der Waals surface area contributed by atoms with Crippen LogP contribution >= 0.6 is 15.9 Å². The smallest absolute Gasteiger partial charge is 0.255 e. The molecule has 0 aromatic heterocycles. The van der Waals surface area contributed by atoms with Crippen LogP contribution in [0.25, 0.3) is 0 Å². The number of sulfone groups is 1. The molecule has 2 aromatic rings. The lowest BCUT2D eigenvalue weighted by Crippen LogP contribution is -2.40. The van der Waals surface area contributed by atoms with Crippen molar-refractivity contribution in [1.29, 1.82) is 0 Å². The third kappa shape index (κ3) is 3.87. The van der Waals surface area contributed by atoms with Gasteiger partial charge in [0, 0.05) is 17.1 Å².